The van der Waals surface area contributed by atoms with Crippen LogP contribution in [0.4, 0.5) is 0 Å². The number of aromatic nitrogens is 1. The van der Waals surface area contributed by atoms with Crippen LogP contribution in [0.2, 0.25) is 0 Å². The van der Waals surface area contributed by atoms with Crippen molar-refractivity contribution in [2.24, 2.45) is 0 Å². The van der Waals surface area contributed by atoms with Crippen LogP contribution in [0.15, 0.2) is 79.1 Å². The molecule has 1 aromatic heterocycles. The molecule has 0 saturated carbocycles. The molecule has 3 aromatic rings. The molecule has 0 radical (unpaired) electrons. The van der Waals surface area contributed by atoms with Crippen molar-refractivity contribution in [3.63, 3.8) is 0 Å². The average molecular weight is 385 g/mol. The van der Waals surface area contributed by atoms with E-state index in [0.29, 0.717) is 25.1 Å². The van der Waals surface area contributed by atoms with Gasteiger partial charge in [0, 0.05) is 43.5 Å². The van der Waals surface area contributed by atoms with E-state index in [9.17, 15) is 9.59 Å². The van der Waals surface area contributed by atoms with E-state index in [1.54, 1.807) is 12.4 Å². The van der Waals surface area contributed by atoms with Crippen LogP contribution >= 0.6 is 0 Å². The molecule has 0 spiro atoms. The second kappa shape index (κ2) is 8.69. The highest BCUT2D eigenvalue weighted by molar-refractivity contribution is 5.95. The Bertz CT molecular complexity index is 989. The van der Waals surface area contributed by atoms with Crippen LogP contribution in [-0.4, -0.2) is 34.3 Å². The highest BCUT2D eigenvalue weighted by Crippen LogP contribution is 2.22. The number of carbonyl (C=O) groups is 2. The summed E-state index contributed by atoms with van der Waals surface area (Å²) in [6, 6.07) is 21.5. The maximum absolute atomic E-state index is 13.4. The first kappa shape index (κ1) is 18.9. The quantitative estimate of drug-likeness (QED) is 0.704. The molecule has 5 heteroatoms. The van der Waals surface area contributed by atoms with Gasteiger partial charge in [-0.15, -0.1) is 0 Å². The highest BCUT2D eigenvalue weighted by Gasteiger charge is 2.26. The fourth-order valence-corrected chi connectivity index (χ4v) is 3.65. The van der Waals surface area contributed by atoms with E-state index in [-0.39, 0.29) is 17.9 Å². The lowest BCUT2D eigenvalue weighted by Crippen LogP contribution is -2.41. The monoisotopic (exact) mass is 385 g/mol. The number of nitrogens with one attached hydrogen (secondary N) is 1. The molecule has 146 valence electrons. The molecular weight excluding hydrogens is 362 g/mol. The van der Waals surface area contributed by atoms with Gasteiger partial charge in [0.2, 0.25) is 5.91 Å². The van der Waals surface area contributed by atoms with Gasteiger partial charge in [0.1, 0.15) is 0 Å². The molecule has 1 fully saturated rings. The first-order chi connectivity index (χ1) is 14.2. The van der Waals surface area contributed by atoms with E-state index >= 15 is 0 Å². The van der Waals surface area contributed by atoms with Crippen molar-refractivity contribution in [3.05, 3.63) is 90.3 Å². The lowest BCUT2D eigenvalue weighted by molar-refractivity contribution is -0.119. The SMILES string of the molecule is O=C1CC[C@@H](CN(Cc2ccncc2)C(=O)c2cccc(-c3ccccc3)c2)N1. The number of nitrogens with zero attached hydrogens (tertiary/aromatic N) is 2. The van der Waals surface area contributed by atoms with Crippen molar-refractivity contribution in [1.82, 2.24) is 15.2 Å². The fourth-order valence-electron chi connectivity index (χ4n) is 3.65. The number of hydrogen-bond acceptors (Lipinski definition) is 3. The van der Waals surface area contributed by atoms with E-state index in [0.717, 1.165) is 23.1 Å². The minimum absolute atomic E-state index is 0.00871. The van der Waals surface area contributed by atoms with Gasteiger partial charge in [-0.2, -0.15) is 0 Å². The maximum atomic E-state index is 13.4. The minimum atomic E-state index is -0.0410. The van der Waals surface area contributed by atoms with Crippen molar-refractivity contribution in [3.8, 4) is 11.1 Å². The van der Waals surface area contributed by atoms with Crippen molar-refractivity contribution in [2.75, 3.05) is 6.54 Å². The van der Waals surface area contributed by atoms with Gasteiger partial charge in [-0.25, -0.2) is 0 Å². The van der Waals surface area contributed by atoms with Crippen molar-refractivity contribution in [1.29, 1.82) is 0 Å². The normalized spacial score (nSPS) is 15.7. The number of hydrogen-bond donors (Lipinski definition) is 1. The summed E-state index contributed by atoms with van der Waals surface area (Å²) in [5, 5.41) is 2.97. The van der Waals surface area contributed by atoms with E-state index < -0.39 is 0 Å². The van der Waals surface area contributed by atoms with Crippen LogP contribution in [0.1, 0.15) is 28.8 Å². The van der Waals surface area contributed by atoms with Gasteiger partial charge >= 0.3 is 0 Å². The molecule has 1 aliphatic rings. The number of carbonyl (C=O) groups excluding carboxylic acids is 2. The van der Waals surface area contributed by atoms with Crippen LogP contribution in [0, 0.1) is 0 Å². The van der Waals surface area contributed by atoms with Gasteiger partial charge in [-0.3, -0.25) is 14.6 Å². The summed E-state index contributed by atoms with van der Waals surface area (Å²) in [4.78, 5) is 30.9. The summed E-state index contributed by atoms with van der Waals surface area (Å²) in [5.41, 5.74) is 3.74. The Morgan fingerprint density at radius 3 is 2.48 bits per heavy atom. The largest absolute Gasteiger partial charge is 0.352 e. The zero-order valence-corrected chi connectivity index (χ0v) is 16.1. The molecule has 1 N–H and O–H groups in total. The Labute approximate surface area is 170 Å². The van der Waals surface area contributed by atoms with Gasteiger partial charge in [0.15, 0.2) is 0 Å². The van der Waals surface area contributed by atoms with Crippen LogP contribution in [0.5, 0.6) is 0 Å². The summed E-state index contributed by atoms with van der Waals surface area (Å²) in [6.45, 7) is 0.964. The Balaban J connectivity index is 1.59. The Kier molecular flexibility index (Phi) is 5.66. The molecule has 5 nitrogen and oxygen atoms in total. The van der Waals surface area contributed by atoms with E-state index in [2.05, 4.69) is 10.3 Å². The molecular formula is C24H23N3O2. The summed E-state index contributed by atoms with van der Waals surface area (Å²) in [7, 11) is 0. The summed E-state index contributed by atoms with van der Waals surface area (Å²) >= 11 is 0. The Hall–Kier alpha value is -3.47. The standard InChI is InChI=1S/C24H23N3O2/c28-23-10-9-22(26-23)17-27(16-18-11-13-25-14-12-18)24(29)21-8-4-7-20(15-21)19-5-2-1-3-6-19/h1-8,11-15,22H,9-10,16-17H2,(H,26,28)/t22-/m0/s1. The lowest BCUT2D eigenvalue weighted by atomic mass is 10.0. The predicted molar refractivity (Wildman–Crippen MR) is 112 cm³/mol. The van der Waals surface area contributed by atoms with E-state index in [1.165, 1.54) is 0 Å². The van der Waals surface area contributed by atoms with Crippen LogP contribution in [-0.2, 0) is 11.3 Å². The second-order valence-corrected chi connectivity index (χ2v) is 7.29. The molecule has 1 saturated heterocycles. The molecule has 0 bridgehead atoms. The zero-order chi connectivity index (χ0) is 20.1. The molecule has 2 amide bonds. The molecule has 0 unspecified atom stereocenters. The number of rotatable bonds is 6. The zero-order valence-electron chi connectivity index (χ0n) is 16.1. The third-order valence-electron chi connectivity index (χ3n) is 5.15. The molecule has 2 aromatic carbocycles. The molecule has 29 heavy (non-hydrogen) atoms. The predicted octanol–water partition coefficient (Wildman–Crippen LogP) is 3.67. The molecule has 2 heterocycles. The fraction of sp³-hybridized carbons (Fsp3) is 0.208. The van der Waals surface area contributed by atoms with Crippen molar-refractivity contribution in [2.45, 2.75) is 25.4 Å². The first-order valence-corrected chi connectivity index (χ1v) is 9.82. The number of amides is 2. The van der Waals surface area contributed by atoms with Crippen LogP contribution in [0.25, 0.3) is 11.1 Å². The third kappa shape index (κ3) is 4.69. The highest BCUT2D eigenvalue weighted by atomic mass is 16.2. The Morgan fingerprint density at radius 1 is 1.00 bits per heavy atom. The third-order valence-corrected chi connectivity index (χ3v) is 5.15. The molecule has 4 rings (SSSR count). The van der Waals surface area contributed by atoms with Gasteiger partial charge in [0.25, 0.3) is 5.91 Å². The van der Waals surface area contributed by atoms with Gasteiger partial charge in [0.05, 0.1) is 0 Å². The van der Waals surface area contributed by atoms with Crippen molar-refractivity contribution >= 4 is 11.8 Å². The lowest BCUT2D eigenvalue weighted by Gasteiger charge is -2.26. The molecule has 1 atom stereocenters. The second-order valence-electron chi connectivity index (χ2n) is 7.29. The summed E-state index contributed by atoms with van der Waals surface area (Å²) < 4.78 is 0. The first-order valence-electron chi connectivity index (χ1n) is 9.82. The number of pyridine rings is 1. The van der Waals surface area contributed by atoms with E-state index in [1.807, 2.05) is 71.6 Å². The average Bonchev–Trinajstić information content (AvgIpc) is 3.19. The summed E-state index contributed by atoms with van der Waals surface area (Å²) in [5.74, 6) is 0.0122. The maximum Gasteiger partial charge on any atom is 0.254 e. The van der Waals surface area contributed by atoms with Crippen LogP contribution < -0.4 is 5.32 Å². The number of benzene rings is 2. The minimum Gasteiger partial charge on any atom is -0.352 e. The van der Waals surface area contributed by atoms with Gasteiger partial charge in [-0.1, -0.05) is 42.5 Å². The van der Waals surface area contributed by atoms with Crippen molar-refractivity contribution < 1.29 is 9.59 Å². The van der Waals surface area contributed by atoms with Crippen LogP contribution in [0.3, 0.4) is 0 Å². The molecule has 0 aliphatic carbocycles. The molecule has 1 aliphatic heterocycles. The van der Waals surface area contributed by atoms with Gasteiger partial charge in [-0.05, 0) is 47.4 Å². The Morgan fingerprint density at radius 2 is 1.76 bits per heavy atom. The summed E-state index contributed by atoms with van der Waals surface area (Å²) in [6.07, 6.45) is 4.73. The topological polar surface area (TPSA) is 62.3 Å². The smallest absolute Gasteiger partial charge is 0.254 e. The van der Waals surface area contributed by atoms with Gasteiger partial charge < -0.3 is 10.2 Å². The van der Waals surface area contributed by atoms with E-state index in [4.69, 9.17) is 0 Å².